The van der Waals surface area contributed by atoms with Crippen molar-refractivity contribution in [2.24, 2.45) is 5.92 Å². The summed E-state index contributed by atoms with van der Waals surface area (Å²) in [4.78, 5) is 0. The zero-order valence-corrected chi connectivity index (χ0v) is 11.8. The molecular weight excluding hydrogens is 222 g/mol. The molecular formula is C16H25NO. The Kier molecular flexibility index (Phi) is 4.65. The summed E-state index contributed by atoms with van der Waals surface area (Å²) in [5.74, 6) is 1.85. The van der Waals surface area contributed by atoms with Crippen molar-refractivity contribution in [1.82, 2.24) is 5.32 Å². The lowest BCUT2D eigenvalue weighted by Gasteiger charge is -2.30. The Labute approximate surface area is 111 Å². The molecule has 2 rings (SSSR count). The van der Waals surface area contributed by atoms with E-state index in [2.05, 4.69) is 31.3 Å². The van der Waals surface area contributed by atoms with Gasteiger partial charge < -0.3 is 10.1 Å². The zero-order valence-electron chi connectivity index (χ0n) is 11.8. The highest BCUT2D eigenvalue weighted by Gasteiger charge is 2.21. The second-order valence-electron chi connectivity index (χ2n) is 5.60. The van der Waals surface area contributed by atoms with Crippen LogP contribution in [-0.4, -0.2) is 13.2 Å². The molecule has 0 aliphatic heterocycles. The van der Waals surface area contributed by atoms with Crippen LogP contribution in [0.5, 0.6) is 5.75 Å². The fourth-order valence-electron chi connectivity index (χ4n) is 3.05. The van der Waals surface area contributed by atoms with E-state index in [1.54, 1.807) is 7.11 Å². The summed E-state index contributed by atoms with van der Waals surface area (Å²) in [6.07, 6.45) is 5.36. The number of hydrogen-bond donors (Lipinski definition) is 1. The molecule has 2 nitrogen and oxygen atoms in total. The van der Waals surface area contributed by atoms with Gasteiger partial charge >= 0.3 is 0 Å². The van der Waals surface area contributed by atoms with Crippen LogP contribution in [0.15, 0.2) is 24.3 Å². The van der Waals surface area contributed by atoms with Crippen LogP contribution in [-0.2, 0) is 0 Å². The van der Waals surface area contributed by atoms with Gasteiger partial charge in [0.25, 0.3) is 0 Å². The van der Waals surface area contributed by atoms with Gasteiger partial charge in [0.2, 0.25) is 0 Å². The lowest BCUT2D eigenvalue weighted by molar-refractivity contribution is 0.283. The number of rotatable bonds is 4. The first-order chi connectivity index (χ1) is 8.70. The Morgan fingerprint density at radius 2 is 2.06 bits per heavy atom. The summed E-state index contributed by atoms with van der Waals surface area (Å²) >= 11 is 0. The molecule has 0 radical (unpaired) electrons. The third-order valence-electron chi connectivity index (χ3n) is 4.03. The molecule has 0 aromatic heterocycles. The number of methoxy groups -OCH3 is 1. The molecule has 1 saturated carbocycles. The highest BCUT2D eigenvalue weighted by molar-refractivity contribution is 5.35. The molecule has 1 fully saturated rings. The zero-order chi connectivity index (χ0) is 13.0. The van der Waals surface area contributed by atoms with E-state index >= 15 is 0 Å². The third-order valence-corrected chi connectivity index (χ3v) is 4.03. The van der Waals surface area contributed by atoms with Crippen LogP contribution in [0.25, 0.3) is 0 Å². The largest absolute Gasteiger partial charge is 0.496 e. The van der Waals surface area contributed by atoms with Gasteiger partial charge in [-0.05, 0) is 31.7 Å². The van der Waals surface area contributed by atoms with E-state index in [9.17, 15) is 0 Å². The first-order valence-electron chi connectivity index (χ1n) is 7.09. The summed E-state index contributed by atoms with van der Waals surface area (Å²) < 4.78 is 5.44. The van der Waals surface area contributed by atoms with Crippen LogP contribution in [0.1, 0.15) is 51.1 Å². The molecule has 1 aliphatic rings. The van der Waals surface area contributed by atoms with Crippen molar-refractivity contribution >= 4 is 0 Å². The summed E-state index contributed by atoms with van der Waals surface area (Å²) in [5, 5.41) is 3.76. The fraction of sp³-hybridized carbons (Fsp3) is 0.625. The van der Waals surface area contributed by atoms with E-state index in [-0.39, 0.29) is 0 Å². The van der Waals surface area contributed by atoms with Crippen molar-refractivity contribution in [2.75, 3.05) is 7.11 Å². The van der Waals surface area contributed by atoms with Crippen LogP contribution < -0.4 is 10.1 Å². The van der Waals surface area contributed by atoms with Crippen molar-refractivity contribution in [3.8, 4) is 5.75 Å². The van der Waals surface area contributed by atoms with E-state index in [0.29, 0.717) is 12.1 Å². The maximum atomic E-state index is 5.44. The molecule has 3 atom stereocenters. The van der Waals surface area contributed by atoms with Crippen molar-refractivity contribution in [3.05, 3.63) is 29.8 Å². The molecule has 0 bridgehead atoms. The summed E-state index contributed by atoms with van der Waals surface area (Å²) in [6.45, 7) is 4.60. The SMILES string of the molecule is COc1ccccc1[C@@H](C)NC1CCCC(C)C1. The highest BCUT2D eigenvalue weighted by Crippen LogP contribution is 2.28. The van der Waals surface area contributed by atoms with Crippen LogP contribution >= 0.6 is 0 Å². The average Bonchev–Trinajstić information content (AvgIpc) is 2.38. The van der Waals surface area contributed by atoms with Gasteiger partial charge in [0.05, 0.1) is 7.11 Å². The average molecular weight is 247 g/mol. The number of hydrogen-bond acceptors (Lipinski definition) is 2. The molecule has 0 heterocycles. The van der Waals surface area contributed by atoms with Gasteiger partial charge in [0.15, 0.2) is 0 Å². The van der Waals surface area contributed by atoms with Crippen LogP contribution in [0, 0.1) is 5.92 Å². The highest BCUT2D eigenvalue weighted by atomic mass is 16.5. The standard InChI is InChI=1S/C16H25NO/c1-12-7-6-8-14(11-12)17-13(2)15-9-4-5-10-16(15)18-3/h4-5,9-10,12-14,17H,6-8,11H2,1-3H3/t12?,13-,14?/m1/s1. The van der Waals surface area contributed by atoms with Gasteiger partial charge in [-0.2, -0.15) is 0 Å². The molecule has 0 saturated heterocycles. The predicted octanol–water partition coefficient (Wildman–Crippen LogP) is 3.92. The summed E-state index contributed by atoms with van der Waals surface area (Å²) in [5.41, 5.74) is 1.26. The Morgan fingerprint density at radius 1 is 1.28 bits per heavy atom. The van der Waals surface area contributed by atoms with Crippen LogP contribution in [0.3, 0.4) is 0 Å². The molecule has 1 N–H and O–H groups in total. The Hall–Kier alpha value is -1.02. The second kappa shape index (κ2) is 6.24. The molecule has 0 amide bonds. The second-order valence-corrected chi connectivity index (χ2v) is 5.60. The van der Waals surface area contributed by atoms with Gasteiger partial charge in [0, 0.05) is 17.6 Å². The van der Waals surface area contributed by atoms with E-state index in [0.717, 1.165) is 11.7 Å². The van der Waals surface area contributed by atoms with E-state index in [4.69, 9.17) is 4.74 Å². The minimum atomic E-state index is 0.358. The van der Waals surface area contributed by atoms with Gasteiger partial charge in [0.1, 0.15) is 5.75 Å². The Balaban J connectivity index is 2.00. The summed E-state index contributed by atoms with van der Waals surface area (Å²) in [7, 11) is 1.74. The third kappa shape index (κ3) is 3.26. The van der Waals surface area contributed by atoms with Crippen LogP contribution in [0.4, 0.5) is 0 Å². The predicted molar refractivity (Wildman–Crippen MR) is 76.0 cm³/mol. The maximum Gasteiger partial charge on any atom is 0.123 e. The molecule has 2 heteroatoms. The normalized spacial score (nSPS) is 25.7. The van der Waals surface area contributed by atoms with E-state index in [1.807, 2.05) is 12.1 Å². The Morgan fingerprint density at radius 3 is 2.78 bits per heavy atom. The summed E-state index contributed by atoms with van der Waals surface area (Å²) in [6, 6.07) is 9.32. The van der Waals surface area contributed by atoms with Crippen LogP contribution in [0.2, 0.25) is 0 Å². The van der Waals surface area contributed by atoms with Crippen molar-refractivity contribution in [3.63, 3.8) is 0 Å². The molecule has 1 aromatic carbocycles. The van der Waals surface area contributed by atoms with Crippen molar-refractivity contribution in [2.45, 2.75) is 51.6 Å². The topological polar surface area (TPSA) is 21.3 Å². The number of ether oxygens (including phenoxy) is 1. The quantitative estimate of drug-likeness (QED) is 0.870. The molecule has 0 spiro atoms. The fourth-order valence-corrected chi connectivity index (χ4v) is 3.05. The van der Waals surface area contributed by atoms with Gasteiger partial charge in [-0.25, -0.2) is 0 Å². The van der Waals surface area contributed by atoms with Crippen molar-refractivity contribution in [1.29, 1.82) is 0 Å². The lowest BCUT2D eigenvalue weighted by atomic mass is 9.86. The molecule has 18 heavy (non-hydrogen) atoms. The molecule has 1 aliphatic carbocycles. The van der Waals surface area contributed by atoms with Gasteiger partial charge in [-0.15, -0.1) is 0 Å². The minimum absolute atomic E-state index is 0.358. The first-order valence-corrected chi connectivity index (χ1v) is 7.09. The number of para-hydroxylation sites is 1. The van der Waals surface area contributed by atoms with Gasteiger partial charge in [-0.3, -0.25) is 0 Å². The van der Waals surface area contributed by atoms with E-state index in [1.165, 1.54) is 31.2 Å². The van der Waals surface area contributed by atoms with E-state index < -0.39 is 0 Å². The molecule has 100 valence electrons. The monoisotopic (exact) mass is 247 g/mol. The number of benzene rings is 1. The lowest BCUT2D eigenvalue weighted by Crippen LogP contribution is -2.35. The minimum Gasteiger partial charge on any atom is -0.496 e. The number of nitrogens with one attached hydrogen (secondary N) is 1. The van der Waals surface area contributed by atoms with Gasteiger partial charge in [-0.1, -0.05) is 38.0 Å². The van der Waals surface area contributed by atoms with Crippen molar-refractivity contribution < 1.29 is 4.74 Å². The maximum absolute atomic E-state index is 5.44. The first kappa shape index (κ1) is 13.4. The smallest absolute Gasteiger partial charge is 0.123 e. The molecule has 1 aromatic rings. The Bertz CT molecular complexity index is 377. The molecule has 2 unspecified atom stereocenters.